The molecule has 0 aliphatic heterocycles. The highest BCUT2D eigenvalue weighted by atomic mass is 15.3. The summed E-state index contributed by atoms with van der Waals surface area (Å²) in [6.45, 7) is 0. The van der Waals surface area contributed by atoms with Crippen molar-refractivity contribution in [1.29, 1.82) is 0 Å². The first kappa shape index (κ1) is 17.0. The molecule has 0 spiro atoms. The summed E-state index contributed by atoms with van der Waals surface area (Å²) in [5.74, 6) is 2.23. The van der Waals surface area contributed by atoms with E-state index in [1.807, 2.05) is 36.0 Å². The third-order valence-corrected chi connectivity index (χ3v) is 5.58. The van der Waals surface area contributed by atoms with Crippen LogP contribution < -0.4 is 5.32 Å². The van der Waals surface area contributed by atoms with Crippen LogP contribution in [-0.4, -0.2) is 24.1 Å². The van der Waals surface area contributed by atoms with Crippen molar-refractivity contribution in [3.63, 3.8) is 0 Å². The van der Waals surface area contributed by atoms with Crippen LogP contribution in [0.5, 0.6) is 0 Å². The van der Waals surface area contributed by atoms with Crippen LogP contribution in [0.15, 0.2) is 55.1 Å². The standard InChI is InChI=1S/C22H24N6/c1-27-12-10-17(15-27)18-14-24-28-21(26-20-9-5-6-11-23-20)13-19(25-22(18)28)16-7-3-2-4-8-16/h5-6,9-16H,2-4,7-8H2,1H3,(H,23,26). The first-order valence-corrected chi connectivity index (χ1v) is 9.97. The summed E-state index contributed by atoms with van der Waals surface area (Å²) in [4.78, 5) is 9.49. The second-order valence-electron chi connectivity index (χ2n) is 7.60. The topological polar surface area (TPSA) is 60.0 Å². The lowest BCUT2D eigenvalue weighted by atomic mass is 9.87. The number of nitrogens with zero attached hydrogens (tertiary/aromatic N) is 5. The van der Waals surface area contributed by atoms with E-state index in [0.717, 1.165) is 34.1 Å². The Bertz CT molecular complexity index is 1090. The molecule has 1 saturated carbocycles. The fourth-order valence-electron chi connectivity index (χ4n) is 4.11. The Labute approximate surface area is 164 Å². The number of nitrogens with one attached hydrogen (secondary N) is 1. The summed E-state index contributed by atoms with van der Waals surface area (Å²) in [6.07, 6.45) is 14.2. The maximum atomic E-state index is 5.08. The minimum atomic E-state index is 0.515. The van der Waals surface area contributed by atoms with Crippen LogP contribution in [0.1, 0.15) is 43.7 Å². The second kappa shape index (κ2) is 7.11. The van der Waals surface area contributed by atoms with Crippen LogP contribution in [0.2, 0.25) is 0 Å². The van der Waals surface area contributed by atoms with Crippen molar-refractivity contribution in [1.82, 2.24) is 24.1 Å². The molecule has 0 amide bonds. The van der Waals surface area contributed by atoms with Crippen LogP contribution in [0, 0.1) is 0 Å². The summed E-state index contributed by atoms with van der Waals surface area (Å²) in [6, 6.07) is 10.1. The molecule has 0 bridgehead atoms. The second-order valence-corrected chi connectivity index (χ2v) is 7.60. The quantitative estimate of drug-likeness (QED) is 0.552. The average molecular weight is 372 g/mol. The molecule has 28 heavy (non-hydrogen) atoms. The first-order valence-electron chi connectivity index (χ1n) is 9.97. The van der Waals surface area contributed by atoms with Gasteiger partial charge in [-0.1, -0.05) is 25.3 Å². The molecule has 1 aliphatic rings. The Hall–Kier alpha value is -3.15. The minimum absolute atomic E-state index is 0.515. The molecule has 1 aliphatic carbocycles. The number of hydrogen-bond acceptors (Lipinski definition) is 4. The van der Waals surface area contributed by atoms with Gasteiger partial charge in [0.1, 0.15) is 11.6 Å². The van der Waals surface area contributed by atoms with Crippen molar-refractivity contribution in [2.75, 3.05) is 5.32 Å². The van der Waals surface area contributed by atoms with E-state index in [2.05, 4.69) is 44.5 Å². The monoisotopic (exact) mass is 372 g/mol. The molecule has 142 valence electrons. The average Bonchev–Trinajstić information content (AvgIpc) is 3.35. The predicted molar refractivity (Wildman–Crippen MR) is 111 cm³/mol. The van der Waals surface area contributed by atoms with E-state index in [4.69, 9.17) is 4.98 Å². The molecule has 0 atom stereocenters. The van der Waals surface area contributed by atoms with E-state index in [1.165, 1.54) is 32.1 Å². The Morgan fingerprint density at radius 3 is 2.75 bits per heavy atom. The lowest BCUT2D eigenvalue weighted by molar-refractivity contribution is 0.437. The van der Waals surface area contributed by atoms with E-state index in [9.17, 15) is 0 Å². The van der Waals surface area contributed by atoms with Gasteiger partial charge in [0, 0.05) is 54.4 Å². The molecular formula is C22H24N6. The number of rotatable bonds is 4. The lowest BCUT2D eigenvalue weighted by Crippen LogP contribution is -2.10. The highest BCUT2D eigenvalue weighted by molar-refractivity contribution is 5.78. The fraction of sp³-hybridized carbons (Fsp3) is 0.318. The van der Waals surface area contributed by atoms with Crippen molar-refractivity contribution in [2.24, 2.45) is 7.05 Å². The molecule has 6 heteroatoms. The van der Waals surface area contributed by atoms with Gasteiger partial charge < -0.3 is 9.88 Å². The Morgan fingerprint density at radius 1 is 1.11 bits per heavy atom. The Kier molecular flexibility index (Phi) is 4.31. The predicted octanol–water partition coefficient (Wildman–Crippen LogP) is 4.92. The molecule has 5 rings (SSSR count). The largest absolute Gasteiger partial charge is 0.357 e. The first-order chi connectivity index (χ1) is 13.8. The number of aryl methyl sites for hydroxylation is 1. The maximum absolute atomic E-state index is 5.08. The molecule has 1 fully saturated rings. The van der Waals surface area contributed by atoms with Gasteiger partial charge in [0.05, 0.1) is 6.20 Å². The van der Waals surface area contributed by atoms with Gasteiger partial charge in [-0.25, -0.2) is 9.97 Å². The van der Waals surface area contributed by atoms with E-state index >= 15 is 0 Å². The van der Waals surface area contributed by atoms with E-state index in [1.54, 1.807) is 6.20 Å². The van der Waals surface area contributed by atoms with Crippen LogP contribution >= 0.6 is 0 Å². The third-order valence-electron chi connectivity index (χ3n) is 5.58. The van der Waals surface area contributed by atoms with Crippen LogP contribution in [0.3, 0.4) is 0 Å². The van der Waals surface area contributed by atoms with Crippen LogP contribution in [0.4, 0.5) is 11.6 Å². The molecule has 4 aromatic rings. The van der Waals surface area contributed by atoms with Gasteiger partial charge in [-0.2, -0.15) is 9.61 Å². The molecule has 0 radical (unpaired) electrons. The summed E-state index contributed by atoms with van der Waals surface area (Å²) in [7, 11) is 2.03. The summed E-state index contributed by atoms with van der Waals surface area (Å²) >= 11 is 0. The zero-order chi connectivity index (χ0) is 18.9. The van der Waals surface area contributed by atoms with Crippen molar-refractivity contribution < 1.29 is 0 Å². The zero-order valence-corrected chi connectivity index (χ0v) is 16.0. The van der Waals surface area contributed by atoms with Crippen LogP contribution in [0.25, 0.3) is 16.8 Å². The molecule has 4 heterocycles. The van der Waals surface area contributed by atoms with Gasteiger partial charge in [-0.3, -0.25) is 0 Å². The zero-order valence-electron chi connectivity index (χ0n) is 16.0. The van der Waals surface area contributed by atoms with Crippen molar-refractivity contribution >= 4 is 17.3 Å². The van der Waals surface area contributed by atoms with Crippen LogP contribution in [-0.2, 0) is 7.05 Å². The summed E-state index contributed by atoms with van der Waals surface area (Å²) in [5.41, 5.74) is 4.24. The number of anilines is 2. The lowest BCUT2D eigenvalue weighted by Gasteiger charge is -2.22. The smallest absolute Gasteiger partial charge is 0.165 e. The Morgan fingerprint density at radius 2 is 2.00 bits per heavy atom. The van der Waals surface area contributed by atoms with Crippen molar-refractivity contribution in [3.8, 4) is 11.1 Å². The molecule has 0 aromatic carbocycles. The molecule has 1 N–H and O–H groups in total. The third kappa shape index (κ3) is 3.15. The van der Waals surface area contributed by atoms with E-state index in [-0.39, 0.29) is 0 Å². The van der Waals surface area contributed by atoms with E-state index in [0.29, 0.717) is 5.92 Å². The maximum Gasteiger partial charge on any atom is 0.165 e. The van der Waals surface area contributed by atoms with Crippen molar-refractivity contribution in [3.05, 3.63) is 60.8 Å². The molecule has 4 aromatic heterocycles. The van der Waals surface area contributed by atoms with Gasteiger partial charge in [-0.05, 0) is 31.0 Å². The Balaban J connectivity index is 1.65. The van der Waals surface area contributed by atoms with Gasteiger partial charge in [0.2, 0.25) is 0 Å². The normalized spacial score (nSPS) is 15.2. The molecule has 6 nitrogen and oxygen atoms in total. The minimum Gasteiger partial charge on any atom is -0.357 e. The SMILES string of the molecule is Cn1ccc(-c2cnn3c(Nc4ccccn4)cc(C4CCCCC4)nc23)c1. The van der Waals surface area contributed by atoms with Crippen molar-refractivity contribution in [2.45, 2.75) is 38.0 Å². The van der Waals surface area contributed by atoms with Gasteiger partial charge in [0.25, 0.3) is 0 Å². The van der Waals surface area contributed by atoms with Gasteiger partial charge >= 0.3 is 0 Å². The number of fused-ring (bicyclic) bond motifs is 1. The molecule has 0 unspecified atom stereocenters. The van der Waals surface area contributed by atoms with Gasteiger partial charge in [0.15, 0.2) is 5.65 Å². The molecule has 0 saturated heterocycles. The summed E-state index contributed by atoms with van der Waals surface area (Å²) < 4.78 is 3.94. The summed E-state index contributed by atoms with van der Waals surface area (Å²) in [5, 5.41) is 8.08. The number of pyridine rings is 1. The highest BCUT2D eigenvalue weighted by Crippen LogP contribution is 2.35. The highest BCUT2D eigenvalue weighted by Gasteiger charge is 2.21. The fourth-order valence-corrected chi connectivity index (χ4v) is 4.11. The van der Waals surface area contributed by atoms with Gasteiger partial charge in [-0.15, -0.1) is 0 Å². The molecular weight excluding hydrogens is 348 g/mol. The number of hydrogen-bond donors (Lipinski definition) is 1. The number of aromatic nitrogens is 5. The van der Waals surface area contributed by atoms with E-state index < -0.39 is 0 Å².